The molecule has 102 valence electrons. The molecular formula is C13H17N3O3. The molecule has 0 heterocycles. The molecule has 0 aliphatic rings. The van der Waals surface area contributed by atoms with Gasteiger partial charge in [-0.05, 0) is 31.3 Å². The molecule has 0 unspecified atom stereocenters. The Morgan fingerprint density at radius 1 is 1.32 bits per heavy atom. The van der Waals surface area contributed by atoms with Gasteiger partial charge in [0.2, 0.25) is 5.91 Å². The first kappa shape index (κ1) is 14.7. The monoisotopic (exact) mass is 263 g/mol. The van der Waals surface area contributed by atoms with Crippen LogP contribution in [0.5, 0.6) is 0 Å². The summed E-state index contributed by atoms with van der Waals surface area (Å²) in [5.74, 6) is -1.36. The second kappa shape index (κ2) is 7.17. The minimum Gasteiger partial charge on any atom is -0.478 e. The normalized spacial score (nSPS) is 9.74. The standard InChI is InChI=1S/C13H17N3O3/c1-3-12(17)16-10-5-4-9(13(18)19)8-11(10)15-7-6-14-2/h3-5,8,14-15H,1,6-7H2,2H3,(H,16,17)(H,18,19). The van der Waals surface area contributed by atoms with Gasteiger partial charge in [0.25, 0.3) is 0 Å². The smallest absolute Gasteiger partial charge is 0.335 e. The number of anilines is 2. The summed E-state index contributed by atoms with van der Waals surface area (Å²) in [5.41, 5.74) is 1.24. The first-order valence-electron chi connectivity index (χ1n) is 5.77. The lowest BCUT2D eigenvalue weighted by Crippen LogP contribution is -2.19. The number of hydrogen-bond donors (Lipinski definition) is 4. The van der Waals surface area contributed by atoms with Gasteiger partial charge in [0.05, 0.1) is 16.9 Å². The van der Waals surface area contributed by atoms with Crippen molar-refractivity contribution in [2.45, 2.75) is 0 Å². The van der Waals surface area contributed by atoms with Gasteiger partial charge in [-0.25, -0.2) is 4.79 Å². The van der Waals surface area contributed by atoms with Crippen molar-refractivity contribution in [1.29, 1.82) is 0 Å². The lowest BCUT2D eigenvalue weighted by atomic mass is 10.1. The third kappa shape index (κ3) is 4.44. The van der Waals surface area contributed by atoms with Crippen LogP contribution in [-0.2, 0) is 4.79 Å². The van der Waals surface area contributed by atoms with Crippen LogP contribution in [0, 0.1) is 0 Å². The Hall–Kier alpha value is -2.34. The molecular weight excluding hydrogens is 246 g/mol. The SMILES string of the molecule is C=CC(=O)Nc1ccc(C(=O)O)cc1NCCNC. The average Bonchev–Trinajstić information content (AvgIpc) is 2.40. The molecule has 0 aromatic heterocycles. The van der Waals surface area contributed by atoms with Crippen molar-refractivity contribution in [3.05, 3.63) is 36.4 Å². The lowest BCUT2D eigenvalue weighted by Gasteiger charge is -2.13. The minimum atomic E-state index is -1.02. The molecule has 1 aromatic rings. The highest BCUT2D eigenvalue weighted by Gasteiger charge is 2.09. The highest BCUT2D eigenvalue weighted by atomic mass is 16.4. The van der Waals surface area contributed by atoms with Crippen LogP contribution < -0.4 is 16.0 Å². The number of benzene rings is 1. The van der Waals surface area contributed by atoms with E-state index in [9.17, 15) is 9.59 Å². The molecule has 0 radical (unpaired) electrons. The van der Waals surface area contributed by atoms with E-state index in [1.165, 1.54) is 12.1 Å². The number of carbonyl (C=O) groups excluding carboxylic acids is 1. The molecule has 0 fully saturated rings. The predicted octanol–water partition coefficient (Wildman–Crippen LogP) is 1.14. The molecule has 6 heteroatoms. The molecule has 1 rings (SSSR count). The van der Waals surface area contributed by atoms with Gasteiger partial charge in [-0.1, -0.05) is 6.58 Å². The Morgan fingerprint density at radius 2 is 2.05 bits per heavy atom. The molecule has 4 N–H and O–H groups in total. The maximum Gasteiger partial charge on any atom is 0.335 e. The van der Waals surface area contributed by atoms with Crippen LogP contribution in [0.1, 0.15) is 10.4 Å². The molecule has 1 amide bonds. The fourth-order valence-corrected chi connectivity index (χ4v) is 1.44. The molecule has 6 nitrogen and oxygen atoms in total. The number of amides is 1. The van der Waals surface area contributed by atoms with Crippen molar-refractivity contribution in [1.82, 2.24) is 5.32 Å². The summed E-state index contributed by atoms with van der Waals surface area (Å²) in [5, 5.41) is 17.6. The van der Waals surface area contributed by atoms with Gasteiger partial charge in [-0.3, -0.25) is 4.79 Å². The van der Waals surface area contributed by atoms with E-state index in [1.54, 1.807) is 6.07 Å². The highest BCUT2D eigenvalue weighted by Crippen LogP contribution is 2.23. The number of nitrogens with one attached hydrogen (secondary N) is 3. The van der Waals surface area contributed by atoms with E-state index in [0.717, 1.165) is 6.08 Å². The van der Waals surface area contributed by atoms with Gasteiger partial charge in [0.1, 0.15) is 0 Å². The van der Waals surface area contributed by atoms with E-state index in [-0.39, 0.29) is 11.5 Å². The molecule has 0 aliphatic heterocycles. The zero-order chi connectivity index (χ0) is 14.3. The maximum absolute atomic E-state index is 11.3. The Kier molecular flexibility index (Phi) is 5.56. The summed E-state index contributed by atoms with van der Waals surface area (Å²) in [4.78, 5) is 22.2. The Labute approximate surface area is 111 Å². The first-order chi connectivity index (χ1) is 9.08. The number of carboxylic acids is 1. The molecule has 0 bridgehead atoms. The van der Waals surface area contributed by atoms with Crippen molar-refractivity contribution in [2.24, 2.45) is 0 Å². The van der Waals surface area contributed by atoms with Crippen molar-refractivity contribution < 1.29 is 14.7 Å². The van der Waals surface area contributed by atoms with Gasteiger partial charge in [0.15, 0.2) is 0 Å². The van der Waals surface area contributed by atoms with E-state index in [4.69, 9.17) is 5.11 Å². The predicted molar refractivity (Wildman–Crippen MR) is 74.6 cm³/mol. The molecule has 0 aliphatic carbocycles. The summed E-state index contributed by atoms with van der Waals surface area (Å²) >= 11 is 0. The lowest BCUT2D eigenvalue weighted by molar-refractivity contribution is -0.111. The maximum atomic E-state index is 11.3. The van der Waals surface area contributed by atoms with E-state index in [0.29, 0.717) is 24.5 Å². The first-order valence-corrected chi connectivity index (χ1v) is 5.77. The topological polar surface area (TPSA) is 90.5 Å². The zero-order valence-corrected chi connectivity index (χ0v) is 10.7. The number of likely N-dealkylation sites (N-methyl/N-ethyl adjacent to an activating group) is 1. The van der Waals surface area contributed by atoms with E-state index >= 15 is 0 Å². The summed E-state index contributed by atoms with van der Waals surface area (Å²) < 4.78 is 0. The van der Waals surface area contributed by atoms with Gasteiger partial charge in [0, 0.05) is 13.1 Å². The van der Waals surface area contributed by atoms with Crippen molar-refractivity contribution in [3.8, 4) is 0 Å². The third-order valence-electron chi connectivity index (χ3n) is 2.40. The van der Waals surface area contributed by atoms with Crippen LogP contribution >= 0.6 is 0 Å². The second-order valence-corrected chi connectivity index (χ2v) is 3.79. The summed E-state index contributed by atoms with van der Waals surface area (Å²) in [6.07, 6.45) is 1.16. The minimum absolute atomic E-state index is 0.156. The quantitative estimate of drug-likeness (QED) is 0.437. The Morgan fingerprint density at radius 3 is 2.63 bits per heavy atom. The number of hydrogen-bond acceptors (Lipinski definition) is 4. The summed E-state index contributed by atoms with van der Waals surface area (Å²) in [7, 11) is 1.82. The van der Waals surface area contributed by atoms with Gasteiger partial charge >= 0.3 is 5.97 Å². The molecule has 1 aromatic carbocycles. The Balaban J connectivity index is 2.96. The fraction of sp³-hybridized carbons (Fsp3) is 0.231. The van der Waals surface area contributed by atoms with Crippen LogP contribution in [0.4, 0.5) is 11.4 Å². The number of carbonyl (C=O) groups is 2. The Bertz CT molecular complexity index is 486. The number of rotatable bonds is 7. The largest absolute Gasteiger partial charge is 0.478 e. The van der Waals surface area contributed by atoms with E-state index in [1.807, 2.05) is 7.05 Å². The van der Waals surface area contributed by atoms with Crippen molar-refractivity contribution in [2.75, 3.05) is 30.8 Å². The molecule has 19 heavy (non-hydrogen) atoms. The van der Waals surface area contributed by atoms with Crippen LogP contribution in [0.15, 0.2) is 30.9 Å². The number of carboxylic acid groups (broad SMARTS) is 1. The third-order valence-corrected chi connectivity index (χ3v) is 2.40. The fourth-order valence-electron chi connectivity index (χ4n) is 1.44. The zero-order valence-electron chi connectivity index (χ0n) is 10.7. The van der Waals surface area contributed by atoms with Crippen LogP contribution in [-0.4, -0.2) is 37.1 Å². The number of aromatic carboxylic acids is 1. The molecule has 0 saturated carbocycles. The second-order valence-electron chi connectivity index (χ2n) is 3.79. The van der Waals surface area contributed by atoms with E-state index in [2.05, 4.69) is 22.5 Å². The van der Waals surface area contributed by atoms with Crippen molar-refractivity contribution >= 4 is 23.3 Å². The summed E-state index contributed by atoms with van der Waals surface area (Å²) in [6, 6.07) is 4.47. The van der Waals surface area contributed by atoms with Crippen LogP contribution in [0.25, 0.3) is 0 Å². The molecule has 0 atom stereocenters. The van der Waals surface area contributed by atoms with Crippen molar-refractivity contribution in [3.63, 3.8) is 0 Å². The highest BCUT2D eigenvalue weighted by molar-refractivity contribution is 6.02. The molecule has 0 spiro atoms. The van der Waals surface area contributed by atoms with Crippen LogP contribution in [0.3, 0.4) is 0 Å². The average molecular weight is 263 g/mol. The van der Waals surface area contributed by atoms with Gasteiger partial charge in [-0.15, -0.1) is 0 Å². The van der Waals surface area contributed by atoms with Gasteiger partial charge in [-0.2, -0.15) is 0 Å². The molecule has 0 saturated heterocycles. The van der Waals surface area contributed by atoms with Gasteiger partial charge < -0.3 is 21.1 Å². The van der Waals surface area contributed by atoms with E-state index < -0.39 is 5.97 Å². The van der Waals surface area contributed by atoms with Crippen LogP contribution in [0.2, 0.25) is 0 Å². The summed E-state index contributed by atoms with van der Waals surface area (Å²) in [6.45, 7) is 4.69.